The van der Waals surface area contributed by atoms with Gasteiger partial charge in [0.15, 0.2) is 0 Å². The maximum absolute atomic E-state index is 11.7. The van der Waals surface area contributed by atoms with E-state index in [1.807, 2.05) is 0 Å². The number of carbonyl (C=O) groups excluding carboxylic acids is 1. The number of nitrogens with one attached hydrogen (secondary N) is 1. The Morgan fingerprint density at radius 1 is 1.53 bits per heavy atom. The molecule has 1 amide bonds. The van der Waals surface area contributed by atoms with E-state index in [-0.39, 0.29) is 23.8 Å². The van der Waals surface area contributed by atoms with Gasteiger partial charge in [-0.3, -0.25) is 9.59 Å². The lowest BCUT2D eigenvalue weighted by atomic mass is 9.75. The van der Waals surface area contributed by atoms with Gasteiger partial charge in [-0.15, -0.1) is 0 Å². The van der Waals surface area contributed by atoms with Crippen LogP contribution in [-0.2, 0) is 9.59 Å². The summed E-state index contributed by atoms with van der Waals surface area (Å²) in [6.07, 6.45) is 3.82. The molecular weight excluding hydrogens is 220 g/mol. The number of carbonyl (C=O) groups is 2. The molecule has 0 spiro atoms. The molecular formula is C12H22N2O3. The summed E-state index contributed by atoms with van der Waals surface area (Å²) in [7, 11) is 0. The van der Waals surface area contributed by atoms with Crippen LogP contribution < -0.4 is 11.1 Å². The molecule has 5 heteroatoms. The summed E-state index contributed by atoms with van der Waals surface area (Å²) >= 11 is 0. The van der Waals surface area contributed by atoms with Crippen LogP contribution in [0.5, 0.6) is 0 Å². The molecule has 2 unspecified atom stereocenters. The first-order valence-electron chi connectivity index (χ1n) is 6.08. The Balaban J connectivity index is 2.43. The number of nitrogens with two attached hydrogens (primary N) is 1. The number of carboxylic acid groups (broad SMARTS) is 1. The van der Waals surface area contributed by atoms with Crippen molar-refractivity contribution in [2.75, 3.05) is 0 Å². The Morgan fingerprint density at radius 3 is 2.71 bits per heavy atom. The van der Waals surface area contributed by atoms with Crippen LogP contribution in [0.25, 0.3) is 0 Å². The second kappa shape index (κ2) is 5.49. The second-order valence-electron chi connectivity index (χ2n) is 5.67. The average Bonchev–Trinajstić information content (AvgIpc) is 2.14. The summed E-state index contributed by atoms with van der Waals surface area (Å²) in [6.45, 7) is 4.37. The fourth-order valence-corrected chi connectivity index (χ4v) is 2.41. The SMILES string of the molecule is CC1(C)CCCC(NC(=O)C(N)CC(=O)O)C1. The van der Waals surface area contributed by atoms with Crippen LogP contribution in [0.2, 0.25) is 0 Å². The van der Waals surface area contributed by atoms with E-state index >= 15 is 0 Å². The molecule has 0 aromatic rings. The molecule has 0 bridgehead atoms. The summed E-state index contributed by atoms with van der Waals surface area (Å²) < 4.78 is 0. The topological polar surface area (TPSA) is 92.4 Å². The minimum atomic E-state index is -1.04. The molecule has 4 N–H and O–H groups in total. The van der Waals surface area contributed by atoms with Crippen LogP contribution >= 0.6 is 0 Å². The van der Waals surface area contributed by atoms with Crippen LogP contribution in [0.1, 0.15) is 46.0 Å². The van der Waals surface area contributed by atoms with Gasteiger partial charge in [0, 0.05) is 6.04 Å². The van der Waals surface area contributed by atoms with Crippen LogP contribution in [-0.4, -0.2) is 29.1 Å². The number of rotatable bonds is 4. The van der Waals surface area contributed by atoms with E-state index in [4.69, 9.17) is 10.8 Å². The van der Waals surface area contributed by atoms with Gasteiger partial charge in [0.2, 0.25) is 5.91 Å². The van der Waals surface area contributed by atoms with Gasteiger partial charge in [0.1, 0.15) is 0 Å². The molecule has 0 saturated heterocycles. The van der Waals surface area contributed by atoms with Crippen molar-refractivity contribution in [2.45, 2.75) is 58.0 Å². The van der Waals surface area contributed by atoms with Crippen molar-refractivity contribution in [1.82, 2.24) is 5.32 Å². The maximum atomic E-state index is 11.7. The van der Waals surface area contributed by atoms with E-state index in [0.29, 0.717) is 0 Å². The maximum Gasteiger partial charge on any atom is 0.305 e. The molecule has 2 atom stereocenters. The predicted octanol–water partition coefficient (Wildman–Crippen LogP) is 0.873. The lowest BCUT2D eigenvalue weighted by Gasteiger charge is -2.35. The van der Waals surface area contributed by atoms with Crippen LogP contribution in [0.4, 0.5) is 0 Å². The van der Waals surface area contributed by atoms with Gasteiger partial charge in [-0.25, -0.2) is 0 Å². The Morgan fingerprint density at radius 2 is 2.18 bits per heavy atom. The van der Waals surface area contributed by atoms with E-state index in [1.54, 1.807) is 0 Å². The average molecular weight is 242 g/mol. The van der Waals surface area contributed by atoms with Crippen LogP contribution in [0, 0.1) is 5.41 Å². The molecule has 0 aromatic heterocycles. The quantitative estimate of drug-likeness (QED) is 0.682. The molecule has 17 heavy (non-hydrogen) atoms. The van der Waals surface area contributed by atoms with Crippen LogP contribution in [0.15, 0.2) is 0 Å². The highest BCUT2D eigenvalue weighted by Gasteiger charge is 2.29. The third-order valence-electron chi connectivity index (χ3n) is 3.28. The highest BCUT2D eigenvalue weighted by molar-refractivity contribution is 5.86. The Labute approximate surface area is 102 Å². The fraction of sp³-hybridized carbons (Fsp3) is 0.833. The van der Waals surface area contributed by atoms with E-state index in [0.717, 1.165) is 19.3 Å². The molecule has 1 saturated carbocycles. The number of hydrogen-bond donors (Lipinski definition) is 3. The minimum absolute atomic E-state index is 0.131. The zero-order valence-corrected chi connectivity index (χ0v) is 10.5. The molecule has 0 aliphatic heterocycles. The number of aliphatic carboxylic acids is 1. The summed E-state index contributed by atoms with van der Waals surface area (Å²) in [5, 5.41) is 11.4. The molecule has 0 aromatic carbocycles. The van der Waals surface area contributed by atoms with Gasteiger partial charge in [-0.2, -0.15) is 0 Å². The molecule has 1 aliphatic carbocycles. The van der Waals surface area contributed by atoms with Gasteiger partial charge in [0.05, 0.1) is 12.5 Å². The highest BCUT2D eigenvalue weighted by atomic mass is 16.4. The predicted molar refractivity (Wildman–Crippen MR) is 64.4 cm³/mol. The van der Waals surface area contributed by atoms with E-state index in [9.17, 15) is 9.59 Å². The van der Waals surface area contributed by atoms with E-state index < -0.39 is 12.0 Å². The van der Waals surface area contributed by atoms with Gasteiger partial charge in [-0.1, -0.05) is 20.3 Å². The monoisotopic (exact) mass is 242 g/mol. The molecule has 0 heterocycles. The third-order valence-corrected chi connectivity index (χ3v) is 3.28. The molecule has 5 nitrogen and oxygen atoms in total. The first-order chi connectivity index (χ1) is 7.80. The van der Waals surface area contributed by atoms with Crippen LogP contribution in [0.3, 0.4) is 0 Å². The third kappa shape index (κ3) is 4.73. The normalized spacial score (nSPS) is 25.0. The van der Waals surface area contributed by atoms with Gasteiger partial charge in [-0.05, 0) is 24.7 Å². The van der Waals surface area contributed by atoms with Crippen molar-refractivity contribution in [3.8, 4) is 0 Å². The summed E-state index contributed by atoms with van der Waals surface area (Å²) in [5.41, 5.74) is 5.75. The molecule has 1 fully saturated rings. The number of hydrogen-bond acceptors (Lipinski definition) is 3. The lowest BCUT2D eigenvalue weighted by molar-refractivity contribution is -0.139. The van der Waals surface area contributed by atoms with Crippen molar-refractivity contribution in [3.63, 3.8) is 0 Å². The van der Waals surface area contributed by atoms with Gasteiger partial charge in [0.25, 0.3) is 0 Å². The first-order valence-corrected chi connectivity index (χ1v) is 6.08. The highest BCUT2D eigenvalue weighted by Crippen LogP contribution is 2.35. The standard InChI is InChI=1S/C12H22N2O3/c1-12(2)5-3-4-8(7-12)14-11(17)9(13)6-10(15)16/h8-9H,3-7,13H2,1-2H3,(H,14,17)(H,15,16). The van der Waals surface area contributed by atoms with E-state index in [1.165, 1.54) is 6.42 Å². The largest absolute Gasteiger partial charge is 0.481 e. The fourth-order valence-electron chi connectivity index (χ4n) is 2.41. The van der Waals surface area contributed by atoms with Crippen molar-refractivity contribution >= 4 is 11.9 Å². The minimum Gasteiger partial charge on any atom is -0.481 e. The molecule has 98 valence electrons. The lowest BCUT2D eigenvalue weighted by Crippen LogP contribution is -2.48. The number of carboxylic acids is 1. The summed E-state index contributed by atoms with van der Waals surface area (Å²) in [5.74, 6) is -1.40. The Hall–Kier alpha value is -1.10. The summed E-state index contributed by atoms with van der Waals surface area (Å²) in [4.78, 5) is 22.1. The van der Waals surface area contributed by atoms with Crippen molar-refractivity contribution in [1.29, 1.82) is 0 Å². The van der Waals surface area contributed by atoms with Crippen molar-refractivity contribution in [3.05, 3.63) is 0 Å². The zero-order valence-electron chi connectivity index (χ0n) is 10.5. The Bertz CT molecular complexity index is 302. The first kappa shape index (κ1) is 14.0. The second-order valence-corrected chi connectivity index (χ2v) is 5.67. The molecule has 1 aliphatic rings. The molecule has 0 radical (unpaired) electrons. The van der Waals surface area contributed by atoms with E-state index in [2.05, 4.69) is 19.2 Å². The number of amides is 1. The van der Waals surface area contributed by atoms with Crippen molar-refractivity contribution < 1.29 is 14.7 Å². The van der Waals surface area contributed by atoms with Gasteiger partial charge >= 0.3 is 5.97 Å². The molecule has 1 rings (SSSR count). The zero-order chi connectivity index (χ0) is 13.1. The Kier molecular flexibility index (Phi) is 4.51. The smallest absolute Gasteiger partial charge is 0.305 e. The summed E-state index contributed by atoms with van der Waals surface area (Å²) in [6, 6.07) is -0.816. The van der Waals surface area contributed by atoms with Crippen molar-refractivity contribution in [2.24, 2.45) is 11.1 Å². The van der Waals surface area contributed by atoms with Gasteiger partial charge < -0.3 is 16.2 Å².